The molecule has 0 spiro atoms. The van der Waals surface area contributed by atoms with Gasteiger partial charge >= 0.3 is 5.97 Å². The zero-order valence-corrected chi connectivity index (χ0v) is 12.6. The highest BCUT2D eigenvalue weighted by atomic mass is 35.7. The molecule has 0 saturated heterocycles. The van der Waals surface area contributed by atoms with Crippen LogP contribution in [0.2, 0.25) is 0 Å². The van der Waals surface area contributed by atoms with E-state index < -0.39 is 15.0 Å². The number of ether oxygens (including phenoxy) is 3. The molecule has 0 heterocycles. The van der Waals surface area contributed by atoms with Crippen molar-refractivity contribution in [2.45, 2.75) is 4.90 Å². The summed E-state index contributed by atoms with van der Waals surface area (Å²) < 4.78 is 37.7. The summed E-state index contributed by atoms with van der Waals surface area (Å²) >= 11 is 0. The van der Waals surface area contributed by atoms with Gasteiger partial charge in [-0.1, -0.05) is 0 Å². The predicted octanol–water partition coefficient (Wildman–Crippen LogP) is 1.82. The zero-order chi connectivity index (χ0) is 15.3. The molecule has 0 N–H and O–H groups in total. The first kappa shape index (κ1) is 16.3. The quantitative estimate of drug-likeness (QED) is 0.468. The summed E-state index contributed by atoms with van der Waals surface area (Å²) in [5.41, 5.74) is 0.154. The number of esters is 1. The molecular weight excluding hydrogens is 308 g/mol. The monoisotopic (exact) mass is 320 g/mol. The summed E-state index contributed by atoms with van der Waals surface area (Å²) in [6.07, 6.45) is 2.33. The van der Waals surface area contributed by atoms with Crippen LogP contribution in [0.5, 0.6) is 11.5 Å². The van der Waals surface area contributed by atoms with Crippen molar-refractivity contribution >= 4 is 31.8 Å². The van der Waals surface area contributed by atoms with Crippen molar-refractivity contribution in [3.8, 4) is 11.5 Å². The van der Waals surface area contributed by atoms with Crippen LogP contribution in [-0.2, 0) is 18.6 Å². The normalized spacial score (nSPS) is 11.4. The Morgan fingerprint density at radius 2 is 1.85 bits per heavy atom. The van der Waals surface area contributed by atoms with Crippen LogP contribution in [0.1, 0.15) is 5.56 Å². The summed E-state index contributed by atoms with van der Waals surface area (Å²) in [7, 11) is 5.25. The third-order valence-electron chi connectivity index (χ3n) is 2.36. The van der Waals surface area contributed by atoms with Crippen LogP contribution in [0.15, 0.2) is 23.1 Å². The first-order valence-corrected chi connectivity index (χ1v) is 7.61. The Balaban J connectivity index is 3.53. The van der Waals surface area contributed by atoms with Crippen molar-refractivity contribution in [3.05, 3.63) is 23.8 Å². The molecule has 0 aliphatic heterocycles. The summed E-state index contributed by atoms with van der Waals surface area (Å²) in [5.74, 6) is -0.260. The first-order valence-electron chi connectivity index (χ1n) is 5.30. The summed E-state index contributed by atoms with van der Waals surface area (Å²) in [6, 6.07) is 2.79. The van der Waals surface area contributed by atoms with Gasteiger partial charge in [-0.3, -0.25) is 0 Å². The second kappa shape index (κ2) is 6.62. The Morgan fingerprint density at radius 1 is 1.20 bits per heavy atom. The van der Waals surface area contributed by atoms with Crippen molar-refractivity contribution in [1.82, 2.24) is 0 Å². The Labute approximate surface area is 121 Å². The van der Waals surface area contributed by atoms with E-state index in [0.717, 1.165) is 6.08 Å². The number of methoxy groups -OCH3 is 3. The number of halogens is 1. The number of carbonyl (C=O) groups excluding carboxylic acids is 1. The van der Waals surface area contributed by atoms with Crippen LogP contribution in [-0.4, -0.2) is 35.7 Å². The van der Waals surface area contributed by atoms with Crippen molar-refractivity contribution in [3.63, 3.8) is 0 Å². The van der Waals surface area contributed by atoms with Gasteiger partial charge in [0.25, 0.3) is 9.05 Å². The maximum atomic E-state index is 11.6. The van der Waals surface area contributed by atoms with E-state index in [1.807, 2.05) is 0 Å². The maximum absolute atomic E-state index is 11.6. The van der Waals surface area contributed by atoms with Crippen molar-refractivity contribution in [2.75, 3.05) is 21.3 Å². The van der Waals surface area contributed by atoms with E-state index in [2.05, 4.69) is 4.74 Å². The lowest BCUT2D eigenvalue weighted by Gasteiger charge is -2.11. The van der Waals surface area contributed by atoms with Crippen molar-refractivity contribution in [2.24, 2.45) is 0 Å². The van der Waals surface area contributed by atoms with Gasteiger partial charge in [-0.15, -0.1) is 0 Å². The summed E-state index contributed by atoms with van der Waals surface area (Å²) in [6.45, 7) is 0. The number of rotatable bonds is 5. The molecule has 0 bridgehead atoms. The van der Waals surface area contributed by atoms with Gasteiger partial charge in [-0.25, -0.2) is 13.2 Å². The Morgan fingerprint density at radius 3 is 2.30 bits per heavy atom. The molecule has 0 saturated carbocycles. The minimum Gasteiger partial charge on any atom is -0.497 e. The lowest BCUT2D eigenvalue weighted by molar-refractivity contribution is -0.134. The molecule has 8 heteroatoms. The van der Waals surface area contributed by atoms with Gasteiger partial charge < -0.3 is 14.2 Å². The molecule has 1 aromatic carbocycles. The summed E-state index contributed by atoms with van der Waals surface area (Å²) in [4.78, 5) is 10.9. The molecular formula is C12H13ClO6S. The number of hydrogen-bond acceptors (Lipinski definition) is 6. The number of benzene rings is 1. The molecule has 0 aliphatic rings. The lowest BCUT2D eigenvalue weighted by atomic mass is 10.2. The van der Waals surface area contributed by atoms with Crippen LogP contribution in [0.3, 0.4) is 0 Å². The third-order valence-corrected chi connectivity index (χ3v) is 3.74. The van der Waals surface area contributed by atoms with E-state index >= 15 is 0 Å². The van der Waals surface area contributed by atoms with Gasteiger partial charge in [0.2, 0.25) is 0 Å². The van der Waals surface area contributed by atoms with Gasteiger partial charge in [0.1, 0.15) is 16.4 Å². The van der Waals surface area contributed by atoms with Gasteiger partial charge in [0, 0.05) is 28.4 Å². The Kier molecular flexibility index (Phi) is 5.41. The fourth-order valence-electron chi connectivity index (χ4n) is 1.48. The molecule has 0 fully saturated rings. The molecule has 1 rings (SSSR count). The van der Waals surface area contributed by atoms with E-state index in [1.54, 1.807) is 0 Å². The molecule has 6 nitrogen and oxygen atoms in total. The minimum atomic E-state index is -4.07. The molecule has 1 aromatic rings. The highest BCUT2D eigenvalue weighted by Crippen LogP contribution is 2.35. The fourth-order valence-corrected chi connectivity index (χ4v) is 2.76. The minimum absolute atomic E-state index is 0.0175. The van der Waals surface area contributed by atoms with Crippen LogP contribution in [0.25, 0.3) is 6.08 Å². The molecule has 0 atom stereocenters. The average Bonchev–Trinajstić information content (AvgIpc) is 2.42. The van der Waals surface area contributed by atoms with Crippen molar-refractivity contribution < 1.29 is 27.4 Å². The van der Waals surface area contributed by atoms with Crippen molar-refractivity contribution in [1.29, 1.82) is 0 Å². The van der Waals surface area contributed by atoms with Gasteiger partial charge in [0.05, 0.1) is 21.3 Å². The smallest absolute Gasteiger partial charge is 0.330 e. The molecule has 0 aromatic heterocycles. The van der Waals surface area contributed by atoms with Gasteiger partial charge in [-0.05, 0) is 12.1 Å². The molecule has 0 aliphatic carbocycles. The van der Waals surface area contributed by atoms with E-state index in [0.29, 0.717) is 5.75 Å². The lowest BCUT2D eigenvalue weighted by Crippen LogP contribution is -2.01. The first-order chi connectivity index (χ1) is 9.33. The van der Waals surface area contributed by atoms with E-state index in [9.17, 15) is 13.2 Å². The standard InChI is InChI=1S/C12H13ClO6S/c1-17-9-6-8(4-5-11(14)19-3)12(20(13,15)16)10(7-9)18-2/h4-7H,1-3H3/b5-4+. The summed E-state index contributed by atoms with van der Waals surface area (Å²) in [5, 5.41) is 0. The fraction of sp³-hybridized carbons (Fsp3) is 0.250. The SMILES string of the molecule is COC(=O)/C=C/c1cc(OC)cc(OC)c1S(=O)(=O)Cl. The predicted molar refractivity (Wildman–Crippen MR) is 73.6 cm³/mol. The Bertz CT molecular complexity index is 636. The molecule has 110 valence electrons. The number of hydrogen-bond donors (Lipinski definition) is 0. The Hall–Kier alpha value is -1.73. The van der Waals surface area contributed by atoms with Crippen LogP contribution in [0.4, 0.5) is 0 Å². The van der Waals surface area contributed by atoms with Crippen LogP contribution < -0.4 is 9.47 Å². The molecule has 0 amide bonds. The zero-order valence-electron chi connectivity index (χ0n) is 11.0. The van der Waals surface area contributed by atoms with Gasteiger partial charge in [0.15, 0.2) is 0 Å². The van der Waals surface area contributed by atoms with E-state index in [4.69, 9.17) is 20.2 Å². The maximum Gasteiger partial charge on any atom is 0.330 e. The van der Waals surface area contributed by atoms with Gasteiger partial charge in [-0.2, -0.15) is 0 Å². The number of carbonyl (C=O) groups is 1. The largest absolute Gasteiger partial charge is 0.497 e. The van der Waals surface area contributed by atoms with Crippen LogP contribution >= 0.6 is 10.7 Å². The topological polar surface area (TPSA) is 78.9 Å². The second-order valence-corrected chi connectivity index (χ2v) is 6.05. The third kappa shape index (κ3) is 3.88. The highest BCUT2D eigenvalue weighted by Gasteiger charge is 2.22. The molecule has 20 heavy (non-hydrogen) atoms. The molecule has 0 radical (unpaired) electrons. The average molecular weight is 321 g/mol. The van der Waals surface area contributed by atoms with Crippen LogP contribution in [0, 0.1) is 0 Å². The second-order valence-electron chi connectivity index (χ2n) is 3.54. The highest BCUT2D eigenvalue weighted by molar-refractivity contribution is 8.13. The molecule has 0 unspecified atom stereocenters. The van der Waals surface area contributed by atoms with E-state index in [1.165, 1.54) is 39.5 Å². The van der Waals surface area contributed by atoms with E-state index in [-0.39, 0.29) is 16.2 Å².